The number of rotatable bonds is 3. The fourth-order valence-corrected chi connectivity index (χ4v) is 2.09. The van der Waals surface area contributed by atoms with Crippen LogP contribution in [-0.4, -0.2) is 11.5 Å². The normalized spacial score (nSPS) is 10.7. The maximum Gasteiger partial charge on any atom is 0.236 e. The van der Waals surface area contributed by atoms with Gasteiger partial charge in [0.25, 0.3) is 0 Å². The molecule has 74 valence electrons. The standard InChI is InChI=1S/C9H9ClN2OS/c10-8-2-1-7(14-8)9-12-6(3-4-11)5-13-9/h1-2,5H,3-4,11H2. The van der Waals surface area contributed by atoms with E-state index in [-0.39, 0.29) is 0 Å². The molecule has 0 saturated carbocycles. The molecule has 5 heteroatoms. The molecule has 0 radical (unpaired) electrons. The lowest BCUT2D eigenvalue weighted by molar-refractivity contribution is 0.574. The Morgan fingerprint density at radius 2 is 2.36 bits per heavy atom. The van der Waals surface area contributed by atoms with Crippen molar-refractivity contribution in [1.29, 1.82) is 0 Å². The molecule has 0 aliphatic heterocycles. The minimum atomic E-state index is 0.581. The molecule has 2 rings (SSSR count). The van der Waals surface area contributed by atoms with Crippen molar-refractivity contribution in [1.82, 2.24) is 4.98 Å². The third-order valence-corrected chi connectivity index (χ3v) is 2.96. The van der Waals surface area contributed by atoms with Crippen LogP contribution in [0.25, 0.3) is 10.8 Å². The average Bonchev–Trinajstić information content (AvgIpc) is 2.74. The van der Waals surface area contributed by atoms with Crippen LogP contribution in [0, 0.1) is 0 Å². The van der Waals surface area contributed by atoms with Crippen molar-refractivity contribution in [2.45, 2.75) is 6.42 Å². The highest BCUT2D eigenvalue weighted by atomic mass is 35.5. The Labute approximate surface area is 90.5 Å². The lowest BCUT2D eigenvalue weighted by Gasteiger charge is -1.87. The number of halogens is 1. The van der Waals surface area contributed by atoms with Gasteiger partial charge in [-0.1, -0.05) is 11.6 Å². The zero-order chi connectivity index (χ0) is 9.97. The molecule has 0 aliphatic rings. The summed E-state index contributed by atoms with van der Waals surface area (Å²) >= 11 is 7.26. The number of oxazole rings is 1. The molecule has 2 heterocycles. The quantitative estimate of drug-likeness (QED) is 0.879. The Balaban J connectivity index is 2.24. The van der Waals surface area contributed by atoms with Gasteiger partial charge in [-0.05, 0) is 18.7 Å². The highest BCUT2D eigenvalue weighted by Gasteiger charge is 2.08. The Bertz CT molecular complexity index is 424. The molecule has 0 aromatic carbocycles. The van der Waals surface area contributed by atoms with Crippen molar-refractivity contribution in [2.24, 2.45) is 5.73 Å². The summed E-state index contributed by atoms with van der Waals surface area (Å²) < 4.78 is 6.04. The second kappa shape index (κ2) is 4.13. The molecule has 3 nitrogen and oxygen atoms in total. The Morgan fingerprint density at radius 3 is 3.00 bits per heavy atom. The van der Waals surface area contributed by atoms with Gasteiger partial charge in [-0.3, -0.25) is 0 Å². The number of aromatic nitrogens is 1. The summed E-state index contributed by atoms with van der Waals surface area (Å²) in [7, 11) is 0. The van der Waals surface area contributed by atoms with E-state index in [4.69, 9.17) is 21.8 Å². The van der Waals surface area contributed by atoms with Crippen LogP contribution in [0.15, 0.2) is 22.8 Å². The van der Waals surface area contributed by atoms with Gasteiger partial charge >= 0.3 is 0 Å². The molecule has 0 atom stereocenters. The molecule has 0 amide bonds. The molecule has 14 heavy (non-hydrogen) atoms. The van der Waals surface area contributed by atoms with E-state index in [1.54, 1.807) is 6.26 Å². The van der Waals surface area contributed by atoms with Crippen LogP contribution in [0.3, 0.4) is 0 Å². The van der Waals surface area contributed by atoms with Gasteiger partial charge in [0.1, 0.15) is 6.26 Å². The fraction of sp³-hybridized carbons (Fsp3) is 0.222. The van der Waals surface area contributed by atoms with E-state index in [1.165, 1.54) is 11.3 Å². The zero-order valence-electron chi connectivity index (χ0n) is 7.37. The molecular weight excluding hydrogens is 220 g/mol. The van der Waals surface area contributed by atoms with Crippen molar-refractivity contribution in [3.05, 3.63) is 28.4 Å². The second-order valence-corrected chi connectivity index (χ2v) is 4.50. The molecule has 2 N–H and O–H groups in total. The molecule has 0 spiro atoms. The molecule has 0 unspecified atom stereocenters. The Morgan fingerprint density at radius 1 is 1.50 bits per heavy atom. The first-order valence-corrected chi connectivity index (χ1v) is 5.39. The maximum absolute atomic E-state index is 5.81. The van der Waals surface area contributed by atoms with Gasteiger partial charge < -0.3 is 10.2 Å². The predicted octanol–water partition coefficient (Wildman–Crippen LogP) is 2.56. The van der Waals surface area contributed by atoms with E-state index >= 15 is 0 Å². The molecule has 2 aromatic rings. The summed E-state index contributed by atoms with van der Waals surface area (Å²) in [4.78, 5) is 5.23. The minimum absolute atomic E-state index is 0.581. The second-order valence-electron chi connectivity index (χ2n) is 2.79. The van der Waals surface area contributed by atoms with Gasteiger partial charge in [0.05, 0.1) is 14.9 Å². The SMILES string of the molecule is NCCc1coc(-c2ccc(Cl)s2)n1. The highest BCUT2D eigenvalue weighted by molar-refractivity contribution is 7.19. The Kier molecular flexibility index (Phi) is 2.86. The van der Waals surface area contributed by atoms with Gasteiger partial charge in [-0.2, -0.15) is 0 Å². The fourth-order valence-electron chi connectivity index (χ4n) is 1.11. The van der Waals surface area contributed by atoms with Crippen molar-refractivity contribution < 1.29 is 4.42 Å². The van der Waals surface area contributed by atoms with Crippen LogP contribution in [-0.2, 0) is 6.42 Å². The summed E-state index contributed by atoms with van der Waals surface area (Å²) in [5.74, 6) is 0.616. The van der Waals surface area contributed by atoms with E-state index in [0.29, 0.717) is 12.4 Å². The first-order chi connectivity index (χ1) is 6.79. The summed E-state index contributed by atoms with van der Waals surface area (Å²) in [5.41, 5.74) is 6.29. The van der Waals surface area contributed by atoms with E-state index in [1.807, 2.05) is 12.1 Å². The van der Waals surface area contributed by atoms with Crippen LogP contribution in [0.1, 0.15) is 5.69 Å². The van der Waals surface area contributed by atoms with Crippen molar-refractivity contribution in [2.75, 3.05) is 6.54 Å². The number of nitrogens with zero attached hydrogens (tertiary/aromatic N) is 1. The van der Waals surface area contributed by atoms with Crippen LogP contribution in [0.5, 0.6) is 0 Å². The number of thiophene rings is 1. The summed E-state index contributed by atoms with van der Waals surface area (Å²) in [6.45, 7) is 0.581. The van der Waals surface area contributed by atoms with Crippen molar-refractivity contribution in [3.63, 3.8) is 0 Å². The smallest absolute Gasteiger partial charge is 0.236 e. The van der Waals surface area contributed by atoms with Crippen LogP contribution < -0.4 is 5.73 Å². The number of hydrogen-bond acceptors (Lipinski definition) is 4. The van der Waals surface area contributed by atoms with Crippen molar-refractivity contribution >= 4 is 22.9 Å². The topological polar surface area (TPSA) is 52.0 Å². The number of nitrogens with two attached hydrogens (primary N) is 1. The molecule has 0 aliphatic carbocycles. The minimum Gasteiger partial charge on any atom is -0.444 e. The van der Waals surface area contributed by atoms with E-state index in [2.05, 4.69) is 4.98 Å². The molecule has 2 aromatic heterocycles. The third kappa shape index (κ3) is 1.97. The highest BCUT2D eigenvalue weighted by Crippen LogP contribution is 2.30. The van der Waals surface area contributed by atoms with Gasteiger partial charge in [0, 0.05) is 6.42 Å². The lowest BCUT2D eigenvalue weighted by atomic mass is 10.3. The van der Waals surface area contributed by atoms with E-state index < -0.39 is 0 Å². The predicted molar refractivity (Wildman–Crippen MR) is 57.6 cm³/mol. The van der Waals surface area contributed by atoms with Gasteiger partial charge in [0.15, 0.2) is 0 Å². The molecular formula is C9H9ClN2OS. The van der Waals surface area contributed by atoms with Crippen LogP contribution >= 0.6 is 22.9 Å². The Hall–Kier alpha value is -0.840. The first-order valence-electron chi connectivity index (χ1n) is 4.20. The summed E-state index contributed by atoms with van der Waals surface area (Å²) in [5, 5.41) is 0. The van der Waals surface area contributed by atoms with Gasteiger partial charge in [-0.15, -0.1) is 11.3 Å². The van der Waals surface area contributed by atoms with Gasteiger partial charge in [-0.25, -0.2) is 4.98 Å². The maximum atomic E-state index is 5.81. The average molecular weight is 229 g/mol. The van der Waals surface area contributed by atoms with Crippen LogP contribution in [0.2, 0.25) is 4.34 Å². The van der Waals surface area contributed by atoms with Gasteiger partial charge in [0.2, 0.25) is 5.89 Å². The van der Waals surface area contributed by atoms with E-state index in [9.17, 15) is 0 Å². The summed E-state index contributed by atoms with van der Waals surface area (Å²) in [6, 6.07) is 3.72. The van der Waals surface area contributed by atoms with Crippen molar-refractivity contribution in [3.8, 4) is 10.8 Å². The molecule has 0 saturated heterocycles. The monoisotopic (exact) mass is 228 g/mol. The largest absolute Gasteiger partial charge is 0.444 e. The molecule has 0 bridgehead atoms. The lowest BCUT2D eigenvalue weighted by Crippen LogP contribution is -2.02. The first kappa shape index (κ1) is 9.71. The summed E-state index contributed by atoms with van der Waals surface area (Å²) in [6.07, 6.45) is 2.37. The van der Waals surface area contributed by atoms with Crippen LogP contribution in [0.4, 0.5) is 0 Å². The number of hydrogen-bond donors (Lipinski definition) is 1. The van der Waals surface area contributed by atoms with E-state index in [0.717, 1.165) is 21.3 Å². The third-order valence-electron chi connectivity index (χ3n) is 1.74. The zero-order valence-corrected chi connectivity index (χ0v) is 8.94. The molecule has 0 fully saturated rings.